The fourth-order valence-corrected chi connectivity index (χ4v) is 2.05. The van der Waals surface area contributed by atoms with Gasteiger partial charge in [-0.3, -0.25) is 9.48 Å². The molecule has 21 heavy (non-hydrogen) atoms. The molecule has 5 nitrogen and oxygen atoms in total. The molecule has 2 aromatic rings. The zero-order chi connectivity index (χ0) is 15.4. The van der Waals surface area contributed by atoms with Crippen LogP contribution in [0.2, 0.25) is 0 Å². The minimum atomic E-state index is -0.218. The Bertz CT molecular complexity index is 632. The van der Waals surface area contributed by atoms with Gasteiger partial charge in [-0.05, 0) is 30.0 Å². The molecule has 1 aromatic heterocycles. The normalized spacial score (nSPS) is 10.7. The standard InChI is InChI=1S/C16H21N3O2/c1-11(2)13-6-5-12(3)9-14(13)21-10-16(20)17-15-7-8-19(4)18-15/h5-9,11H,10H2,1-4H3,(H,17,18,20). The van der Waals surface area contributed by atoms with E-state index in [1.807, 2.05) is 19.1 Å². The third-order valence-electron chi connectivity index (χ3n) is 3.13. The first-order chi connectivity index (χ1) is 9.95. The van der Waals surface area contributed by atoms with E-state index in [9.17, 15) is 4.79 Å². The molecule has 112 valence electrons. The van der Waals surface area contributed by atoms with Crippen molar-refractivity contribution in [2.24, 2.45) is 7.05 Å². The van der Waals surface area contributed by atoms with Gasteiger partial charge in [0.05, 0.1) is 0 Å². The average molecular weight is 287 g/mol. The molecule has 0 bridgehead atoms. The van der Waals surface area contributed by atoms with Crippen molar-refractivity contribution in [1.82, 2.24) is 9.78 Å². The zero-order valence-electron chi connectivity index (χ0n) is 12.9. The number of aryl methyl sites for hydroxylation is 2. The molecule has 0 fully saturated rings. The summed E-state index contributed by atoms with van der Waals surface area (Å²) in [5, 5.41) is 6.80. The van der Waals surface area contributed by atoms with Crippen LogP contribution in [0.5, 0.6) is 5.75 Å². The van der Waals surface area contributed by atoms with Gasteiger partial charge < -0.3 is 10.1 Å². The van der Waals surface area contributed by atoms with Crippen LogP contribution in [0.4, 0.5) is 5.82 Å². The Hall–Kier alpha value is -2.30. The number of benzene rings is 1. The lowest BCUT2D eigenvalue weighted by molar-refractivity contribution is -0.118. The van der Waals surface area contributed by atoms with E-state index in [1.165, 1.54) is 0 Å². The second-order valence-electron chi connectivity index (χ2n) is 5.41. The Kier molecular flexibility index (Phi) is 4.62. The number of carbonyl (C=O) groups excluding carboxylic acids is 1. The summed E-state index contributed by atoms with van der Waals surface area (Å²) >= 11 is 0. The molecular formula is C16H21N3O2. The molecule has 1 N–H and O–H groups in total. The number of hydrogen-bond donors (Lipinski definition) is 1. The van der Waals surface area contributed by atoms with Gasteiger partial charge in [0.1, 0.15) is 5.75 Å². The molecule has 0 aliphatic rings. The van der Waals surface area contributed by atoms with E-state index in [-0.39, 0.29) is 12.5 Å². The van der Waals surface area contributed by atoms with Crippen LogP contribution in [0.3, 0.4) is 0 Å². The van der Waals surface area contributed by atoms with E-state index in [2.05, 4.69) is 30.3 Å². The number of anilines is 1. The van der Waals surface area contributed by atoms with Gasteiger partial charge in [-0.25, -0.2) is 0 Å². The lowest BCUT2D eigenvalue weighted by atomic mass is 10.0. The second-order valence-corrected chi connectivity index (χ2v) is 5.41. The quantitative estimate of drug-likeness (QED) is 0.920. The summed E-state index contributed by atoms with van der Waals surface area (Å²) in [6, 6.07) is 7.80. The number of carbonyl (C=O) groups is 1. The number of aromatic nitrogens is 2. The number of nitrogens with one attached hydrogen (secondary N) is 1. The molecule has 2 rings (SSSR count). The Labute approximate surface area is 124 Å². The highest BCUT2D eigenvalue weighted by Gasteiger charge is 2.11. The lowest BCUT2D eigenvalue weighted by Gasteiger charge is -2.14. The van der Waals surface area contributed by atoms with E-state index in [1.54, 1.807) is 24.0 Å². The van der Waals surface area contributed by atoms with E-state index < -0.39 is 0 Å². The first kappa shape index (κ1) is 15.1. The highest BCUT2D eigenvalue weighted by atomic mass is 16.5. The zero-order valence-corrected chi connectivity index (χ0v) is 12.9. The predicted octanol–water partition coefficient (Wildman–Crippen LogP) is 2.87. The number of ether oxygens (including phenoxy) is 1. The van der Waals surface area contributed by atoms with Gasteiger partial charge in [-0.2, -0.15) is 5.10 Å². The van der Waals surface area contributed by atoms with Crippen LogP contribution in [0.15, 0.2) is 30.5 Å². The first-order valence-corrected chi connectivity index (χ1v) is 6.98. The minimum absolute atomic E-state index is 0.0280. The Morgan fingerprint density at radius 2 is 2.14 bits per heavy atom. The SMILES string of the molecule is Cc1ccc(C(C)C)c(OCC(=O)Nc2ccn(C)n2)c1. The molecule has 0 radical (unpaired) electrons. The van der Waals surface area contributed by atoms with Gasteiger partial charge in [0.2, 0.25) is 0 Å². The lowest BCUT2D eigenvalue weighted by Crippen LogP contribution is -2.21. The molecular weight excluding hydrogens is 266 g/mol. The largest absolute Gasteiger partial charge is 0.483 e. The van der Waals surface area contributed by atoms with Crippen molar-refractivity contribution in [2.75, 3.05) is 11.9 Å². The Morgan fingerprint density at radius 3 is 2.76 bits per heavy atom. The monoisotopic (exact) mass is 287 g/mol. The number of hydrogen-bond acceptors (Lipinski definition) is 3. The fourth-order valence-electron chi connectivity index (χ4n) is 2.05. The van der Waals surface area contributed by atoms with Gasteiger partial charge in [-0.15, -0.1) is 0 Å². The van der Waals surface area contributed by atoms with Crippen molar-refractivity contribution >= 4 is 11.7 Å². The smallest absolute Gasteiger partial charge is 0.263 e. The fraction of sp³-hybridized carbons (Fsp3) is 0.375. The molecule has 0 saturated carbocycles. The summed E-state index contributed by atoms with van der Waals surface area (Å²) in [5.41, 5.74) is 2.21. The summed E-state index contributed by atoms with van der Waals surface area (Å²) in [5.74, 6) is 1.42. The van der Waals surface area contributed by atoms with Gasteiger partial charge in [-0.1, -0.05) is 26.0 Å². The van der Waals surface area contributed by atoms with Crippen LogP contribution in [0.1, 0.15) is 30.9 Å². The first-order valence-electron chi connectivity index (χ1n) is 6.98. The van der Waals surface area contributed by atoms with Crippen LogP contribution < -0.4 is 10.1 Å². The van der Waals surface area contributed by atoms with E-state index >= 15 is 0 Å². The van der Waals surface area contributed by atoms with Crippen LogP contribution >= 0.6 is 0 Å². The molecule has 1 heterocycles. The topological polar surface area (TPSA) is 56.1 Å². The van der Waals surface area contributed by atoms with Crippen molar-refractivity contribution in [3.8, 4) is 5.75 Å². The minimum Gasteiger partial charge on any atom is -0.483 e. The van der Waals surface area contributed by atoms with Crippen molar-refractivity contribution in [1.29, 1.82) is 0 Å². The van der Waals surface area contributed by atoms with Crippen LogP contribution in [0, 0.1) is 6.92 Å². The summed E-state index contributed by atoms with van der Waals surface area (Å²) < 4.78 is 7.31. The molecule has 0 aliphatic carbocycles. The number of nitrogens with zero attached hydrogens (tertiary/aromatic N) is 2. The number of amides is 1. The maximum atomic E-state index is 11.9. The molecule has 0 spiro atoms. The van der Waals surface area contributed by atoms with Crippen molar-refractivity contribution in [3.63, 3.8) is 0 Å². The van der Waals surface area contributed by atoms with E-state index in [0.717, 1.165) is 16.9 Å². The Balaban J connectivity index is 1.99. The maximum Gasteiger partial charge on any atom is 0.263 e. The van der Waals surface area contributed by atoms with Crippen LogP contribution in [-0.4, -0.2) is 22.3 Å². The summed E-state index contributed by atoms with van der Waals surface area (Å²) in [6.45, 7) is 6.18. The van der Waals surface area contributed by atoms with Crippen LogP contribution in [0.25, 0.3) is 0 Å². The van der Waals surface area contributed by atoms with Crippen molar-refractivity contribution in [2.45, 2.75) is 26.7 Å². The third kappa shape index (κ3) is 4.08. The maximum absolute atomic E-state index is 11.9. The summed E-state index contributed by atoms with van der Waals surface area (Å²) in [4.78, 5) is 11.9. The molecule has 0 aliphatic heterocycles. The van der Waals surface area contributed by atoms with Gasteiger partial charge in [0, 0.05) is 19.3 Å². The third-order valence-corrected chi connectivity index (χ3v) is 3.13. The average Bonchev–Trinajstić information content (AvgIpc) is 2.81. The summed E-state index contributed by atoms with van der Waals surface area (Å²) in [6.07, 6.45) is 1.77. The molecule has 5 heteroatoms. The highest BCUT2D eigenvalue weighted by Crippen LogP contribution is 2.27. The second kappa shape index (κ2) is 6.43. The van der Waals surface area contributed by atoms with Gasteiger partial charge >= 0.3 is 0 Å². The Morgan fingerprint density at radius 1 is 1.38 bits per heavy atom. The molecule has 0 saturated heterocycles. The van der Waals surface area contributed by atoms with E-state index in [4.69, 9.17) is 4.74 Å². The van der Waals surface area contributed by atoms with Crippen LogP contribution in [-0.2, 0) is 11.8 Å². The highest BCUT2D eigenvalue weighted by molar-refractivity contribution is 5.90. The van der Waals surface area contributed by atoms with Gasteiger partial charge in [0.15, 0.2) is 12.4 Å². The predicted molar refractivity (Wildman–Crippen MR) is 82.6 cm³/mol. The molecule has 1 aromatic carbocycles. The number of rotatable bonds is 5. The summed E-state index contributed by atoms with van der Waals surface area (Å²) in [7, 11) is 1.80. The molecule has 0 atom stereocenters. The molecule has 1 amide bonds. The van der Waals surface area contributed by atoms with Crippen molar-refractivity contribution < 1.29 is 9.53 Å². The molecule has 0 unspecified atom stereocenters. The van der Waals surface area contributed by atoms with E-state index in [0.29, 0.717) is 11.7 Å². The van der Waals surface area contributed by atoms with Gasteiger partial charge in [0.25, 0.3) is 5.91 Å². The van der Waals surface area contributed by atoms with Crippen molar-refractivity contribution in [3.05, 3.63) is 41.6 Å².